The van der Waals surface area contributed by atoms with E-state index in [1.54, 1.807) is 36.4 Å². The lowest BCUT2D eigenvalue weighted by atomic mass is 10.0. The molecule has 0 radical (unpaired) electrons. The Hall–Kier alpha value is -2.53. The molecule has 29 heavy (non-hydrogen) atoms. The van der Waals surface area contributed by atoms with Gasteiger partial charge >= 0.3 is 0 Å². The monoisotopic (exact) mass is 443 g/mol. The van der Waals surface area contributed by atoms with E-state index < -0.39 is 0 Å². The van der Waals surface area contributed by atoms with Crippen LogP contribution in [0.5, 0.6) is 0 Å². The molecule has 4 rings (SSSR count). The van der Waals surface area contributed by atoms with Crippen LogP contribution in [0.25, 0.3) is 0 Å². The number of carbonyl (C=O) groups excluding carboxylic acids is 1. The second kappa shape index (κ2) is 8.46. The molecule has 0 saturated heterocycles. The van der Waals surface area contributed by atoms with E-state index >= 15 is 0 Å². The molecule has 1 N–H and O–H groups in total. The van der Waals surface area contributed by atoms with Crippen LogP contribution < -0.4 is 10.3 Å². The lowest BCUT2D eigenvalue weighted by molar-refractivity contribution is -0.110. The topological polar surface area (TPSA) is 44.7 Å². The van der Waals surface area contributed by atoms with Gasteiger partial charge in [0, 0.05) is 27.2 Å². The summed E-state index contributed by atoms with van der Waals surface area (Å²) in [6.07, 6.45) is 0.462. The third-order valence-corrected chi connectivity index (χ3v) is 5.38. The molecule has 0 fully saturated rings. The number of hydrazone groups is 1. The van der Waals surface area contributed by atoms with Crippen LogP contribution in [0.1, 0.15) is 18.0 Å². The summed E-state index contributed by atoms with van der Waals surface area (Å²) in [7, 11) is 0. The van der Waals surface area contributed by atoms with Crippen molar-refractivity contribution in [3.8, 4) is 0 Å². The van der Waals surface area contributed by atoms with Crippen molar-refractivity contribution in [1.82, 2.24) is 0 Å². The van der Waals surface area contributed by atoms with Crippen molar-refractivity contribution in [2.24, 2.45) is 5.10 Å². The van der Waals surface area contributed by atoms with Gasteiger partial charge in [-0.05, 0) is 66.2 Å². The summed E-state index contributed by atoms with van der Waals surface area (Å²) in [5.41, 5.74) is 2.97. The second-order valence-electron chi connectivity index (χ2n) is 6.60. The molecule has 1 aliphatic heterocycles. The van der Waals surface area contributed by atoms with Crippen LogP contribution in [0, 0.1) is 0 Å². The van der Waals surface area contributed by atoms with E-state index in [-0.39, 0.29) is 11.9 Å². The maximum Gasteiger partial charge on any atom is 0.271 e. The van der Waals surface area contributed by atoms with E-state index in [2.05, 4.69) is 10.4 Å². The van der Waals surface area contributed by atoms with Crippen LogP contribution in [0.15, 0.2) is 77.9 Å². The van der Waals surface area contributed by atoms with Gasteiger partial charge in [-0.25, -0.2) is 0 Å². The Bertz CT molecular complexity index is 1050. The highest BCUT2D eigenvalue weighted by Crippen LogP contribution is 2.36. The Labute approximate surface area is 183 Å². The number of carbonyl (C=O) groups is 1. The zero-order valence-corrected chi connectivity index (χ0v) is 17.4. The largest absolute Gasteiger partial charge is 0.321 e. The third-order valence-electron chi connectivity index (χ3n) is 4.62. The fourth-order valence-electron chi connectivity index (χ4n) is 3.16. The van der Waals surface area contributed by atoms with Crippen LogP contribution in [0.2, 0.25) is 15.1 Å². The number of halogens is 3. The van der Waals surface area contributed by atoms with Gasteiger partial charge in [-0.15, -0.1) is 0 Å². The number of amides is 1. The molecule has 0 spiro atoms. The van der Waals surface area contributed by atoms with Gasteiger partial charge in [-0.2, -0.15) is 5.10 Å². The molecule has 7 heteroatoms. The molecule has 1 heterocycles. The van der Waals surface area contributed by atoms with Crippen molar-refractivity contribution in [2.75, 3.05) is 10.3 Å². The fraction of sp³-hybridized carbons (Fsp3) is 0.0909. The first-order valence-corrected chi connectivity index (χ1v) is 10.1. The Morgan fingerprint density at radius 1 is 0.828 bits per heavy atom. The summed E-state index contributed by atoms with van der Waals surface area (Å²) in [5, 5.41) is 11.2. The van der Waals surface area contributed by atoms with Crippen LogP contribution in [-0.2, 0) is 4.79 Å². The number of hydrogen-bond acceptors (Lipinski definition) is 3. The molecule has 0 aliphatic carbocycles. The van der Waals surface area contributed by atoms with Crippen molar-refractivity contribution < 1.29 is 4.79 Å². The highest BCUT2D eigenvalue weighted by Gasteiger charge is 2.32. The number of hydrogen-bond donors (Lipinski definition) is 1. The normalized spacial score (nSPS) is 15.9. The molecule has 1 atom stereocenters. The second-order valence-corrected chi connectivity index (χ2v) is 7.91. The number of nitrogens with zero attached hydrogens (tertiary/aromatic N) is 2. The highest BCUT2D eigenvalue weighted by atomic mass is 35.5. The van der Waals surface area contributed by atoms with Crippen molar-refractivity contribution >= 4 is 57.8 Å². The number of benzene rings is 3. The maximum absolute atomic E-state index is 12.8. The molecule has 1 aliphatic rings. The minimum atomic E-state index is -0.247. The summed E-state index contributed by atoms with van der Waals surface area (Å²) in [4.78, 5) is 12.8. The van der Waals surface area contributed by atoms with Gasteiger partial charge in [0.25, 0.3) is 5.91 Å². The first-order chi connectivity index (χ1) is 14.0. The number of rotatable bonds is 4. The predicted octanol–water partition coefficient (Wildman–Crippen LogP) is 6.59. The van der Waals surface area contributed by atoms with E-state index in [9.17, 15) is 4.79 Å². The van der Waals surface area contributed by atoms with Gasteiger partial charge in [0.05, 0.1) is 11.7 Å². The van der Waals surface area contributed by atoms with Gasteiger partial charge in [-0.3, -0.25) is 9.80 Å². The van der Waals surface area contributed by atoms with Crippen LogP contribution in [0.3, 0.4) is 0 Å². The van der Waals surface area contributed by atoms with Gasteiger partial charge < -0.3 is 5.32 Å². The number of nitrogens with one attached hydrogen (secondary N) is 1. The van der Waals surface area contributed by atoms with E-state index in [1.165, 1.54) is 0 Å². The molecular weight excluding hydrogens is 429 g/mol. The fourth-order valence-corrected chi connectivity index (χ4v) is 3.54. The summed E-state index contributed by atoms with van der Waals surface area (Å²) in [6, 6.07) is 21.8. The smallest absolute Gasteiger partial charge is 0.271 e. The summed E-state index contributed by atoms with van der Waals surface area (Å²) in [5.74, 6) is -0.247. The molecule has 1 unspecified atom stereocenters. The van der Waals surface area contributed by atoms with Crippen molar-refractivity contribution in [3.05, 3.63) is 93.4 Å². The van der Waals surface area contributed by atoms with Crippen molar-refractivity contribution in [2.45, 2.75) is 12.5 Å². The minimum absolute atomic E-state index is 0.126. The summed E-state index contributed by atoms with van der Waals surface area (Å²) >= 11 is 18.0. The first kappa shape index (κ1) is 19.8. The molecular formula is C22H16Cl3N3O. The zero-order valence-electron chi connectivity index (χ0n) is 15.1. The Morgan fingerprint density at radius 2 is 1.34 bits per heavy atom. The zero-order chi connectivity index (χ0) is 20.4. The lowest BCUT2D eigenvalue weighted by Gasteiger charge is -2.24. The van der Waals surface area contributed by atoms with Crippen LogP contribution >= 0.6 is 34.8 Å². The molecule has 0 saturated carbocycles. The molecule has 1 amide bonds. The standard InChI is InChI=1S/C22H16Cl3N3O/c23-15-3-1-14(2-4-15)21-13-20(22(29)26-18-9-5-16(24)6-10-18)27-28(21)19-11-7-17(25)8-12-19/h1-12,21H,13H2,(H,26,29). The molecule has 0 bridgehead atoms. The lowest BCUT2D eigenvalue weighted by Crippen LogP contribution is -2.21. The molecule has 3 aromatic rings. The average Bonchev–Trinajstić information content (AvgIpc) is 3.16. The minimum Gasteiger partial charge on any atom is -0.321 e. The third kappa shape index (κ3) is 4.56. The predicted molar refractivity (Wildman–Crippen MR) is 120 cm³/mol. The molecule has 146 valence electrons. The van der Waals surface area contributed by atoms with Gasteiger partial charge in [0.15, 0.2) is 0 Å². The molecule has 0 aromatic heterocycles. The number of anilines is 2. The van der Waals surface area contributed by atoms with E-state index in [4.69, 9.17) is 34.8 Å². The highest BCUT2D eigenvalue weighted by molar-refractivity contribution is 6.44. The van der Waals surface area contributed by atoms with Crippen LogP contribution in [0.4, 0.5) is 11.4 Å². The Morgan fingerprint density at radius 3 is 1.93 bits per heavy atom. The van der Waals surface area contributed by atoms with Crippen molar-refractivity contribution in [1.29, 1.82) is 0 Å². The van der Waals surface area contributed by atoms with E-state index in [0.717, 1.165) is 11.3 Å². The first-order valence-electron chi connectivity index (χ1n) is 8.94. The van der Waals surface area contributed by atoms with Crippen molar-refractivity contribution in [3.63, 3.8) is 0 Å². The van der Waals surface area contributed by atoms with E-state index in [0.29, 0.717) is 32.9 Å². The SMILES string of the molecule is O=C(Nc1ccc(Cl)cc1)C1=NN(c2ccc(Cl)cc2)C(c2ccc(Cl)cc2)C1. The molecule has 3 aromatic carbocycles. The van der Waals surface area contributed by atoms with Gasteiger partial charge in [-0.1, -0.05) is 46.9 Å². The summed E-state index contributed by atoms with van der Waals surface area (Å²) < 4.78 is 0. The Kier molecular flexibility index (Phi) is 5.76. The average molecular weight is 445 g/mol. The van der Waals surface area contributed by atoms with Crippen LogP contribution in [-0.4, -0.2) is 11.6 Å². The summed E-state index contributed by atoms with van der Waals surface area (Å²) in [6.45, 7) is 0. The van der Waals surface area contributed by atoms with Gasteiger partial charge in [0.2, 0.25) is 0 Å². The van der Waals surface area contributed by atoms with Gasteiger partial charge in [0.1, 0.15) is 5.71 Å². The quantitative estimate of drug-likeness (QED) is 0.493. The maximum atomic E-state index is 12.8. The molecule has 4 nitrogen and oxygen atoms in total. The Balaban J connectivity index is 1.63. The van der Waals surface area contributed by atoms with E-state index in [1.807, 2.05) is 41.4 Å².